The molecule has 4 rings (SSSR count). The van der Waals surface area contributed by atoms with Crippen LogP contribution in [0.3, 0.4) is 0 Å². The Morgan fingerprint density at radius 2 is 1.86 bits per heavy atom. The first-order valence-corrected chi connectivity index (χ1v) is 10.3. The van der Waals surface area contributed by atoms with E-state index >= 15 is 0 Å². The number of benzene rings is 2. The summed E-state index contributed by atoms with van der Waals surface area (Å²) in [6.45, 7) is 2.41. The first-order valence-electron chi connectivity index (χ1n) is 9.41. The lowest BCUT2D eigenvalue weighted by atomic mass is 10.1. The summed E-state index contributed by atoms with van der Waals surface area (Å²) in [6, 6.07) is 21.7. The van der Waals surface area contributed by atoms with Crippen LogP contribution in [0.15, 0.2) is 87.6 Å². The van der Waals surface area contributed by atoms with Gasteiger partial charge < -0.3 is 4.42 Å². The Hall–Kier alpha value is -3.12. The van der Waals surface area contributed by atoms with Crippen molar-refractivity contribution in [3.8, 4) is 0 Å². The summed E-state index contributed by atoms with van der Waals surface area (Å²) in [5, 5.41) is 8.93. The fraction of sp³-hybridized carbons (Fsp3) is 0.174. The van der Waals surface area contributed by atoms with Crippen molar-refractivity contribution in [3.63, 3.8) is 0 Å². The molecule has 0 aliphatic carbocycles. The second kappa shape index (κ2) is 8.92. The van der Waals surface area contributed by atoms with E-state index in [9.17, 15) is 4.79 Å². The van der Waals surface area contributed by atoms with Crippen LogP contribution < -0.4 is 0 Å². The molecule has 0 spiro atoms. The average molecular weight is 404 g/mol. The van der Waals surface area contributed by atoms with Crippen molar-refractivity contribution in [3.05, 3.63) is 95.4 Å². The third-order valence-corrected chi connectivity index (χ3v) is 5.77. The number of carbonyl (C=O) groups excluding carboxylic acids is 1. The fourth-order valence-corrected chi connectivity index (χ4v) is 4.18. The van der Waals surface area contributed by atoms with Crippen LogP contribution in [0.25, 0.3) is 0 Å². The van der Waals surface area contributed by atoms with E-state index < -0.39 is 0 Å². The molecule has 1 fully saturated rings. The molecule has 1 saturated heterocycles. The minimum Gasteiger partial charge on any atom is -0.467 e. The van der Waals surface area contributed by atoms with E-state index in [0.29, 0.717) is 18.1 Å². The minimum atomic E-state index is -0.224. The third-order valence-electron chi connectivity index (χ3n) is 4.61. The molecule has 1 aliphatic heterocycles. The zero-order valence-electron chi connectivity index (χ0n) is 16.1. The maximum Gasteiger partial charge on any atom is 0.242 e. The smallest absolute Gasteiger partial charge is 0.242 e. The van der Waals surface area contributed by atoms with Gasteiger partial charge in [-0.2, -0.15) is 5.10 Å². The fourth-order valence-electron chi connectivity index (χ4n) is 3.04. The van der Waals surface area contributed by atoms with Gasteiger partial charge in [0.15, 0.2) is 5.17 Å². The van der Waals surface area contributed by atoms with Crippen molar-refractivity contribution in [1.82, 2.24) is 4.90 Å². The van der Waals surface area contributed by atoms with E-state index in [1.807, 2.05) is 42.5 Å². The van der Waals surface area contributed by atoms with E-state index in [4.69, 9.17) is 4.42 Å². The summed E-state index contributed by atoms with van der Waals surface area (Å²) in [5.41, 5.74) is 3.30. The second-order valence-electron chi connectivity index (χ2n) is 6.84. The van der Waals surface area contributed by atoms with Gasteiger partial charge in [-0.15, -0.1) is 5.10 Å². The molecule has 1 unspecified atom stereocenters. The van der Waals surface area contributed by atoms with Crippen molar-refractivity contribution >= 4 is 29.1 Å². The number of amidine groups is 1. The van der Waals surface area contributed by atoms with Gasteiger partial charge in [0, 0.05) is 0 Å². The van der Waals surface area contributed by atoms with Gasteiger partial charge in [0.2, 0.25) is 5.91 Å². The lowest BCUT2D eigenvalue weighted by Crippen LogP contribution is -2.32. The van der Waals surface area contributed by atoms with Gasteiger partial charge in [-0.05, 0) is 36.6 Å². The second-order valence-corrected chi connectivity index (χ2v) is 8.01. The van der Waals surface area contributed by atoms with Crippen molar-refractivity contribution in [2.45, 2.75) is 25.1 Å². The first-order chi connectivity index (χ1) is 14.2. The lowest BCUT2D eigenvalue weighted by Gasteiger charge is -2.14. The number of thioether (sulfide) groups is 1. The molecule has 6 heteroatoms. The van der Waals surface area contributed by atoms with Gasteiger partial charge in [-0.1, -0.05) is 71.9 Å². The highest BCUT2D eigenvalue weighted by Gasteiger charge is 2.38. The monoisotopic (exact) mass is 403 g/mol. The summed E-state index contributed by atoms with van der Waals surface area (Å²) in [5.74, 6) is 0.746. The van der Waals surface area contributed by atoms with Crippen LogP contribution >= 0.6 is 11.8 Å². The van der Waals surface area contributed by atoms with Crippen LogP contribution in [-0.4, -0.2) is 27.4 Å². The van der Waals surface area contributed by atoms with E-state index in [2.05, 4.69) is 41.4 Å². The van der Waals surface area contributed by atoms with E-state index in [0.717, 1.165) is 16.9 Å². The Balaban J connectivity index is 1.54. The standard InChI is InChI=1S/C23H21N3O2S/c1-17-9-11-18(12-10-17)14-21-22(27)26(16-20-8-5-13-28-20)23(29-21)25-24-15-19-6-3-2-4-7-19/h2-13,15,21H,14,16H2,1H3/b24-15+,25-23-. The maximum absolute atomic E-state index is 13.1. The SMILES string of the molecule is Cc1ccc(CC2S/C(=N\N=C\c3ccccc3)N(Cc3ccco3)C2=O)cc1. The molecule has 0 N–H and O–H groups in total. The van der Waals surface area contributed by atoms with Crippen LogP contribution in [-0.2, 0) is 17.8 Å². The molecule has 0 radical (unpaired) electrons. The van der Waals surface area contributed by atoms with Gasteiger partial charge in [0.1, 0.15) is 5.76 Å². The largest absolute Gasteiger partial charge is 0.467 e. The molecule has 1 atom stereocenters. The van der Waals surface area contributed by atoms with Crippen LogP contribution in [0.2, 0.25) is 0 Å². The Morgan fingerprint density at radius 3 is 2.59 bits per heavy atom. The number of hydrogen-bond acceptors (Lipinski definition) is 5. The molecule has 1 aliphatic rings. The highest BCUT2D eigenvalue weighted by atomic mass is 32.2. The Labute approximate surface area is 174 Å². The number of aryl methyl sites for hydroxylation is 1. The number of amides is 1. The Bertz CT molecular complexity index is 1010. The zero-order valence-corrected chi connectivity index (χ0v) is 16.9. The number of carbonyl (C=O) groups is 1. The molecule has 146 valence electrons. The minimum absolute atomic E-state index is 0.0284. The van der Waals surface area contributed by atoms with Crippen molar-refractivity contribution < 1.29 is 9.21 Å². The number of hydrogen-bond donors (Lipinski definition) is 0. The molecule has 2 aromatic carbocycles. The molecule has 2 heterocycles. The van der Waals surface area contributed by atoms with E-state index in [-0.39, 0.29) is 11.2 Å². The van der Waals surface area contributed by atoms with E-state index in [1.165, 1.54) is 17.3 Å². The van der Waals surface area contributed by atoms with Crippen LogP contribution in [0.1, 0.15) is 22.5 Å². The van der Waals surface area contributed by atoms with Gasteiger partial charge in [-0.25, -0.2) is 0 Å². The lowest BCUT2D eigenvalue weighted by molar-refractivity contribution is -0.126. The molecular weight excluding hydrogens is 382 g/mol. The summed E-state index contributed by atoms with van der Waals surface area (Å²) in [7, 11) is 0. The predicted octanol–water partition coefficient (Wildman–Crippen LogP) is 4.66. The highest BCUT2D eigenvalue weighted by Crippen LogP contribution is 2.31. The van der Waals surface area contributed by atoms with Crippen molar-refractivity contribution in [2.24, 2.45) is 10.2 Å². The summed E-state index contributed by atoms with van der Waals surface area (Å²) >= 11 is 1.45. The molecule has 3 aromatic rings. The molecule has 1 amide bonds. The molecule has 1 aromatic heterocycles. The average Bonchev–Trinajstić information content (AvgIpc) is 3.35. The first kappa shape index (κ1) is 19.2. The van der Waals surface area contributed by atoms with Crippen LogP contribution in [0.4, 0.5) is 0 Å². The molecular formula is C23H21N3O2S. The summed E-state index contributed by atoms with van der Waals surface area (Å²) in [4.78, 5) is 14.7. The van der Waals surface area contributed by atoms with Gasteiger partial charge in [0.05, 0.1) is 24.3 Å². The maximum atomic E-state index is 13.1. The quantitative estimate of drug-likeness (QED) is 0.444. The Morgan fingerprint density at radius 1 is 1.07 bits per heavy atom. The van der Waals surface area contributed by atoms with Gasteiger partial charge in [-0.3, -0.25) is 9.69 Å². The van der Waals surface area contributed by atoms with Gasteiger partial charge in [0.25, 0.3) is 0 Å². The molecule has 29 heavy (non-hydrogen) atoms. The number of furan rings is 1. The van der Waals surface area contributed by atoms with Crippen molar-refractivity contribution in [2.75, 3.05) is 0 Å². The number of rotatable bonds is 6. The summed E-state index contributed by atoms with van der Waals surface area (Å²) in [6.07, 6.45) is 3.95. The van der Waals surface area contributed by atoms with Crippen LogP contribution in [0, 0.1) is 6.92 Å². The molecule has 0 saturated carbocycles. The van der Waals surface area contributed by atoms with Crippen LogP contribution in [0.5, 0.6) is 0 Å². The van der Waals surface area contributed by atoms with E-state index in [1.54, 1.807) is 17.4 Å². The summed E-state index contributed by atoms with van der Waals surface area (Å²) < 4.78 is 5.44. The molecule has 0 bridgehead atoms. The van der Waals surface area contributed by atoms with Gasteiger partial charge >= 0.3 is 0 Å². The molecule has 5 nitrogen and oxygen atoms in total. The highest BCUT2D eigenvalue weighted by molar-refractivity contribution is 8.15. The topological polar surface area (TPSA) is 58.2 Å². The predicted molar refractivity (Wildman–Crippen MR) is 117 cm³/mol. The zero-order chi connectivity index (χ0) is 20.1. The third kappa shape index (κ3) is 4.84. The van der Waals surface area contributed by atoms with Crippen molar-refractivity contribution in [1.29, 1.82) is 0 Å². The number of nitrogens with zero attached hydrogens (tertiary/aromatic N) is 3. The normalized spacial score (nSPS) is 18.2. The Kier molecular flexibility index (Phi) is 5.91.